The fourth-order valence-corrected chi connectivity index (χ4v) is 3.03. The van der Waals surface area contributed by atoms with Crippen LogP contribution < -0.4 is 10.2 Å². The zero-order valence-corrected chi connectivity index (χ0v) is 12.2. The van der Waals surface area contributed by atoms with Crippen LogP contribution in [0.3, 0.4) is 0 Å². The molecule has 8 heteroatoms. The van der Waals surface area contributed by atoms with E-state index in [1.165, 1.54) is 0 Å². The molecule has 2 saturated heterocycles. The van der Waals surface area contributed by atoms with Crippen LogP contribution in [0.2, 0.25) is 0 Å². The van der Waals surface area contributed by atoms with Gasteiger partial charge in [0.05, 0.1) is 12.5 Å². The Balaban J connectivity index is 1.40. The first-order valence-electron chi connectivity index (χ1n) is 7.60. The van der Waals surface area contributed by atoms with Gasteiger partial charge in [-0.15, -0.1) is 15.3 Å². The van der Waals surface area contributed by atoms with E-state index in [0.29, 0.717) is 13.2 Å². The Morgan fingerprint density at radius 3 is 3.18 bits per heavy atom. The Morgan fingerprint density at radius 2 is 2.32 bits per heavy atom. The second-order valence-corrected chi connectivity index (χ2v) is 5.83. The summed E-state index contributed by atoms with van der Waals surface area (Å²) >= 11 is 0. The lowest BCUT2D eigenvalue weighted by molar-refractivity contribution is -0.125. The average molecular weight is 302 g/mol. The van der Waals surface area contributed by atoms with Crippen LogP contribution >= 0.6 is 0 Å². The summed E-state index contributed by atoms with van der Waals surface area (Å²) in [6, 6.07) is 4.02. The molecule has 22 heavy (non-hydrogen) atoms. The number of hydrogen-bond donors (Lipinski definition) is 1. The van der Waals surface area contributed by atoms with E-state index in [1.807, 2.05) is 12.1 Å². The van der Waals surface area contributed by atoms with Crippen molar-refractivity contribution in [2.75, 3.05) is 31.2 Å². The maximum Gasteiger partial charge on any atom is 0.225 e. The molecule has 2 fully saturated rings. The van der Waals surface area contributed by atoms with Crippen LogP contribution in [0.4, 0.5) is 5.82 Å². The molecule has 2 atom stereocenters. The van der Waals surface area contributed by atoms with Crippen LogP contribution in [0.1, 0.15) is 12.8 Å². The number of rotatable bonds is 3. The summed E-state index contributed by atoms with van der Waals surface area (Å²) < 4.78 is 6.93. The molecule has 116 valence electrons. The van der Waals surface area contributed by atoms with Crippen molar-refractivity contribution in [3.63, 3.8) is 0 Å². The second kappa shape index (κ2) is 5.53. The number of anilines is 1. The molecular weight excluding hydrogens is 284 g/mol. The summed E-state index contributed by atoms with van der Waals surface area (Å²) in [5.74, 6) is 1.01. The number of nitrogens with zero attached hydrogens (tertiary/aromatic N) is 5. The Bertz CT molecular complexity index is 681. The van der Waals surface area contributed by atoms with Gasteiger partial charge >= 0.3 is 0 Å². The SMILES string of the molecule is O=C(NC1CCN(c2ccc3nncn3n2)C1)C1CCOC1. The number of fused-ring (bicyclic) bond motifs is 1. The summed E-state index contributed by atoms with van der Waals surface area (Å²) in [5, 5.41) is 15.4. The Kier molecular flexibility index (Phi) is 3.38. The van der Waals surface area contributed by atoms with Gasteiger partial charge in [0, 0.05) is 25.7 Å². The van der Waals surface area contributed by atoms with Gasteiger partial charge in [-0.2, -0.15) is 4.52 Å². The van der Waals surface area contributed by atoms with E-state index in [1.54, 1.807) is 10.8 Å². The minimum atomic E-state index is 0.0144. The molecule has 2 aliphatic heterocycles. The van der Waals surface area contributed by atoms with Crippen molar-refractivity contribution in [2.24, 2.45) is 5.92 Å². The van der Waals surface area contributed by atoms with Crippen molar-refractivity contribution in [3.8, 4) is 0 Å². The van der Waals surface area contributed by atoms with Gasteiger partial charge in [0.1, 0.15) is 12.1 Å². The molecular formula is C14H18N6O2. The van der Waals surface area contributed by atoms with E-state index in [0.717, 1.165) is 37.4 Å². The van der Waals surface area contributed by atoms with E-state index >= 15 is 0 Å². The van der Waals surface area contributed by atoms with Crippen LogP contribution in [0.25, 0.3) is 5.65 Å². The number of aromatic nitrogens is 4. The molecule has 4 rings (SSSR count). The van der Waals surface area contributed by atoms with Crippen LogP contribution in [0.5, 0.6) is 0 Å². The monoisotopic (exact) mass is 302 g/mol. The molecule has 0 bridgehead atoms. The molecule has 8 nitrogen and oxygen atoms in total. The molecule has 2 aromatic rings. The third kappa shape index (κ3) is 2.50. The van der Waals surface area contributed by atoms with Gasteiger partial charge in [0.25, 0.3) is 0 Å². The highest BCUT2D eigenvalue weighted by Crippen LogP contribution is 2.19. The first-order chi connectivity index (χ1) is 10.8. The molecule has 0 aliphatic carbocycles. The number of amides is 1. The topological polar surface area (TPSA) is 84.7 Å². The predicted molar refractivity (Wildman–Crippen MR) is 78.5 cm³/mol. The highest BCUT2D eigenvalue weighted by molar-refractivity contribution is 5.79. The number of carbonyl (C=O) groups excluding carboxylic acids is 1. The molecule has 0 spiro atoms. The normalized spacial score (nSPS) is 25.0. The fourth-order valence-electron chi connectivity index (χ4n) is 3.03. The number of carbonyl (C=O) groups is 1. The van der Waals surface area contributed by atoms with Crippen molar-refractivity contribution in [1.82, 2.24) is 25.1 Å². The third-order valence-electron chi connectivity index (χ3n) is 4.31. The van der Waals surface area contributed by atoms with E-state index in [9.17, 15) is 4.79 Å². The summed E-state index contributed by atoms with van der Waals surface area (Å²) in [6.45, 7) is 2.90. The average Bonchev–Trinajstić information content (AvgIpc) is 3.27. The van der Waals surface area contributed by atoms with Gasteiger partial charge in [-0.1, -0.05) is 0 Å². The maximum atomic E-state index is 12.1. The van der Waals surface area contributed by atoms with Crippen LogP contribution in [-0.2, 0) is 9.53 Å². The molecule has 0 radical (unpaired) electrons. The zero-order chi connectivity index (χ0) is 14.9. The Hall–Kier alpha value is -2.22. The van der Waals surface area contributed by atoms with Gasteiger partial charge in [0.15, 0.2) is 5.65 Å². The first kappa shape index (κ1) is 13.4. The number of hydrogen-bond acceptors (Lipinski definition) is 6. The lowest BCUT2D eigenvalue weighted by atomic mass is 10.1. The number of nitrogens with one attached hydrogen (secondary N) is 1. The molecule has 2 aliphatic rings. The molecule has 4 heterocycles. The van der Waals surface area contributed by atoms with Gasteiger partial charge in [-0.25, -0.2) is 0 Å². The van der Waals surface area contributed by atoms with Crippen molar-refractivity contribution in [1.29, 1.82) is 0 Å². The summed E-state index contributed by atoms with van der Waals surface area (Å²) in [6.07, 6.45) is 3.35. The Labute approximate surface area is 127 Å². The van der Waals surface area contributed by atoms with Crippen molar-refractivity contribution in [3.05, 3.63) is 18.5 Å². The fraction of sp³-hybridized carbons (Fsp3) is 0.571. The van der Waals surface area contributed by atoms with Crippen LogP contribution in [0, 0.1) is 5.92 Å². The molecule has 0 saturated carbocycles. The van der Waals surface area contributed by atoms with Crippen molar-refractivity contribution in [2.45, 2.75) is 18.9 Å². The van der Waals surface area contributed by atoms with E-state index in [2.05, 4.69) is 25.5 Å². The molecule has 1 amide bonds. The molecule has 1 N–H and O–H groups in total. The minimum absolute atomic E-state index is 0.0144. The molecule has 2 unspecified atom stereocenters. The lowest BCUT2D eigenvalue weighted by Crippen LogP contribution is -2.40. The zero-order valence-electron chi connectivity index (χ0n) is 12.2. The van der Waals surface area contributed by atoms with E-state index in [-0.39, 0.29) is 17.9 Å². The van der Waals surface area contributed by atoms with Crippen molar-refractivity contribution >= 4 is 17.4 Å². The van der Waals surface area contributed by atoms with Gasteiger partial charge in [0.2, 0.25) is 5.91 Å². The van der Waals surface area contributed by atoms with Crippen molar-refractivity contribution < 1.29 is 9.53 Å². The van der Waals surface area contributed by atoms with Gasteiger partial charge < -0.3 is 15.0 Å². The summed E-state index contributed by atoms with van der Waals surface area (Å²) in [7, 11) is 0. The quantitative estimate of drug-likeness (QED) is 0.849. The standard InChI is InChI=1S/C14H18N6O2/c21-14(10-4-6-22-8-10)16-11-3-5-19(7-11)13-2-1-12-17-15-9-20(12)18-13/h1-2,9-11H,3-8H2,(H,16,21). The smallest absolute Gasteiger partial charge is 0.225 e. The largest absolute Gasteiger partial charge is 0.381 e. The number of ether oxygens (including phenoxy) is 1. The first-order valence-corrected chi connectivity index (χ1v) is 7.60. The Morgan fingerprint density at radius 1 is 1.36 bits per heavy atom. The molecule has 0 aromatic carbocycles. The highest BCUT2D eigenvalue weighted by Gasteiger charge is 2.29. The maximum absolute atomic E-state index is 12.1. The van der Waals surface area contributed by atoms with Crippen LogP contribution in [-0.4, -0.2) is 58.1 Å². The van der Waals surface area contributed by atoms with Crippen LogP contribution in [0.15, 0.2) is 18.5 Å². The highest BCUT2D eigenvalue weighted by atomic mass is 16.5. The minimum Gasteiger partial charge on any atom is -0.381 e. The van der Waals surface area contributed by atoms with Gasteiger partial charge in [-0.05, 0) is 25.0 Å². The van der Waals surface area contributed by atoms with Gasteiger partial charge in [-0.3, -0.25) is 4.79 Å². The summed E-state index contributed by atoms with van der Waals surface area (Å²) in [4.78, 5) is 14.3. The van der Waals surface area contributed by atoms with E-state index in [4.69, 9.17) is 4.74 Å². The third-order valence-corrected chi connectivity index (χ3v) is 4.31. The van der Waals surface area contributed by atoms with E-state index < -0.39 is 0 Å². The lowest BCUT2D eigenvalue weighted by Gasteiger charge is -2.18. The molecule has 2 aromatic heterocycles. The summed E-state index contributed by atoms with van der Waals surface area (Å²) in [5.41, 5.74) is 0.731. The predicted octanol–water partition coefficient (Wildman–Crippen LogP) is -0.144. The second-order valence-electron chi connectivity index (χ2n) is 5.83.